The van der Waals surface area contributed by atoms with E-state index in [-0.39, 0.29) is 22.4 Å². The summed E-state index contributed by atoms with van der Waals surface area (Å²) in [5.74, 6) is -3.13. The molecule has 3 aromatic rings. The van der Waals surface area contributed by atoms with E-state index in [4.69, 9.17) is 0 Å². The van der Waals surface area contributed by atoms with Crippen LogP contribution in [-0.4, -0.2) is 42.2 Å². The third-order valence-corrected chi connectivity index (χ3v) is 4.36. The minimum Gasteiger partial charge on any atom is -0.478 e. The van der Waals surface area contributed by atoms with Crippen LogP contribution >= 0.6 is 0 Å². The van der Waals surface area contributed by atoms with Gasteiger partial charge in [0.25, 0.3) is 5.91 Å². The Hall–Kier alpha value is -3.87. The second-order valence-electron chi connectivity index (χ2n) is 6.37. The second-order valence-corrected chi connectivity index (χ2v) is 6.37. The average Bonchev–Trinajstić information content (AvgIpc) is 2.66. The predicted molar refractivity (Wildman–Crippen MR) is 107 cm³/mol. The molecule has 28 heavy (non-hydrogen) atoms. The van der Waals surface area contributed by atoms with Crippen molar-refractivity contribution in [1.82, 2.24) is 0 Å². The topological polar surface area (TPSA) is 107 Å². The van der Waals surface area contributed by atoms with Crippen LogP contribution in [0.4, 0.5) is 11.4 Å². The average molecular weight is 378 g/mol. The van der Waals surface area contributed by atoms with Gasteiger partial charge in [-0.3, -0.25) is 4.79 Å². The van der Waals surface area contributed by atoms with Crippen LogP contribution in [0.3, 0.4) is 0 Å². The molecule has 1 amide bonds. The van der Waals surface area contributed by atoms with E-state index < -0.39 is 17.8 Å². The first kappa shape index (κ1) is 18.9. The quantitative estimate of drug-likeness (QED) is 0.627. The minimum absolute atomic E-state index is 0.0190. The van der Waals surface area contributed by atoms with Crippen LogP contribution in [0.2, 0.25) is 0 Å². The molecule has 0 radical (unpaired) electrons. The van der Waals surface area contributed by atoms with Gasteiger partial charge in [-0.25, -0.2) is 9.59 Å². The van der Waals surface area contributed by atoms with Gasteiger partial charge < -0.3 is 20.4 Å². The Morgan fingerprint density at radius 1 is 0.857 bits per heavy atom. The summed E-state index contributed by atoms with van der Waals surface area (Å²) in [6, 6.07) is 14.6. The lowest BCUT2D eigenvalue weighted by Gasteiger charge is -2.20. The van der Waals surface area contributed by atoms with Crippen molar-refractivity contribution in [1.29, 1.82) is 0 Å². The number of carboxylic acid groups (broad SMARTS) is 2. The molecule has 3 rings (SSSR count). The Kier molecular flexibility index (Phi) is 5.00. The summed E-state index contributed by atoms with van der Waals surface area (Å²) in [5.41, 5.74) is 0.225. The van der Waals surface area contributed by atoms with E-state index in [1.165, 1.54) is 12.1 Å². The lowest BCUT2D eigenvalue weighted by atomic mass is 9.95. The molecule has 0 aromatic heterocycles. The van der Waals surface area contributed by atoms with Gasteiger partial charge in [0.2, 0.25) is 0 Å². The van der Waals surface area contributed by atoms with Crippen molar-refractivity contribution < 1.29 is 24.6 Å². The fourth-order valence-corrected chi connectivity index (χ4v) is 3.10. The summed E-state index contributed by atoms with van der Waals surface area (Å²) in [7, 11) is 3.38. The summed E-state index contributed by atoms with van der Waals surface area (Å²) in [4.78, 5) is 38.2. The molecule has 0 heterocycles. The number of fused-ring (bicyclic) bond motifs is 1. The molecule has 0 fully saturated rings. The van der Waals surface area contributed by atoms with E-state index in [1.807, 2.05) is 0 Å². The number of carbonyl (C=O) groups excluding carboxylic acids is 1. The number of nitrogens with one attached hydrogen (secondary N) is 1. The maximum atomic E-state index is 13.1. The summed E-state index contributed by atoms with van der Waals surface area (Å²) < 4.78 is 0. The molecule has 0 bridgehead atoms. The number of para-hydroxylation sites is 1. The van der Waals surface area contributed by atoms with Crippen LogP contribution in [0.15, 0.2) is 54.6 Å². The lowest BCUT2D eigenvalue weighted by molar-refractivity contribution is 0.0684. The Morgan fingerprint density at radius 2 is 1.50 bits per heavy atom. The Bertz CT molecular complexity index is 1110. The molecule has 7 heteroatoms. The van der Waals surface area contributed by atoms with Crippen molar-refractivity contribution >= 4 is 40.0 Å². The van der Waals surface area contributed by atoms with E-state index in [0.29, 0.717) is 16.5 Å². The van der Waals surface area contributed by atoms with Gasteiger partial charge in [0.1, 0.15) is 0 Å². The molecule has 0 atom stereocenters. The first-order valence-electron chi connectivity index (χ1n) is 8.41. The first-order valence-corrected chi connectivity index (χ1v) is 8.41. The van der Waals surface area contributed by atoms with Gasteiger partial charge in [-0.2, -0.15) is 0 Å². The third kappa shape index (κ3) is 3.37. The zero-order valence-electron chi connectivity index (χ0n) is 15.3. The van der Waals surface area contributed by atoms with E-state index in [1.54, 1.807) is 61.5 Å². The number of aromatic carboxylic acids is 2. The zero-order valence-corrected chi connectivity index (χ0v) is 15.3. The lowest BCUT2D eigenvalue weighted by Crippen LogP contribution is -2.22. The summed E-state index contributed by atoms with van der Waals surface area (Å²) >= 11 is 0. The van der Waals surface area contributed by atoms with Crippen LogP contribution in [0.25, 0.3) is 10.8 Å². The van der Waals surface area contributed by atoms with Crippen LogP contribution in [0.1, 0.15) is 31.1 Å². The van der Waals surface area contributed by atoms with Crippen LogP contribution in [0.5, 0.6) is 0 Å². The Labute approximate surface area is 160 Å². The molecule has 0 aliphatic rings. The Balaban J connectivity index is 2.24. The SMILES string of the molecule is CN(C)c1cc2ccccc2c(C(=O)Nc2ccccc2C(=O)O)c1C(=O)O. The molecule has 0 unspecified atom stereocenters. The number of amides is 1. The molecule has 0 saturated heterocycles. The van der Waals surface area contributed by atoms with Crippen molar-refractivity contribution in [3.8, 4) is 0 Å². The highest BCUT2D eigenvalue weighted by molar-refractivity contribution is 6.21. The molecule has 0 saturated carbocycles. The van der Waals surface area contributed by atoms with Gasteiger partial charge >= 0.3 is 11.9 Å². The number of hydrogen-bond acceptors (Lipinski definition) is 4. The fraction of sp³-hybridized carbons (Fsp3) is 0.0952. The standard InChI is InChI=1S/C21H18N2O5/c1-23(2)16-11-12-7-3-4-8-13(12)17(18(16)21(27)28)19(24)22-15-10-6-5-9-14(15)20(25)26/h3-11H,1-2H3,(H,22,24)(H,25,26)(H,27,28). The summed E-state index contributed by atoms with van der Waals surface area (Å²) in [6.45, 7) is 0. The van der Waals surface area contributed by atoms with Crippen molar-refractivity contribution in [3.63, 3.8) is 0 Å². The van der Waals surface area contributed by atoms with E-state index >= 15 is 0 Å². The van der Waals surface area contributed by atoms with E-state index in [2.05, 4.69) is 5.32 Å². The molecular formula is C21H18N2O5. The van der Waals surface area contributed by atoms with Crippen molar-refractivity contribution in [2.75, 3.05) is 24.3 Å². The molecule has 142 valence electrons. The molecule has 0 spiro atoms. The number of carbonyl (C=O) groups is 3. The molecule has 3 aromatic carbocycles. The van der Waals surface area contributed by atoms with Crippen LogP contribution < -0.4 is 10.2 Å². The fourth-order valence-electron chi connectivity index (χ4n) is 3.10. The number of rotatable bonds is 5. The van der Waals surface area contributed by atoms with Gasteiger partial charge in [-0.15, -0.1) is 0 Å². The second kappa shape index (κ2) is 7.40. The molecule has 0 aliphatic heterocycles. The molecule has 7 nitrogen and oxygen atoms in total. The maximum absolute atomic E-state index is 13.1. The molecular weight excluding hydrogens is 360 g/mol. The van der Waals surface area contributed by atoms with Gasteiger partial charge in [0.15, 0.2) is 0 Å². The van der Waals surface area contributed by atoms with Crippen molar-refractivity contribution in [2.24, 2.45) is 0 Å². The van der Waals surface area contributed by atoms with Crippen molar-refractivity contribution in [3.05, 3.63) is 71.3 Å². The minimum atomic E-state index is -1.24. The monoisotopic (exact) mass is 378 g/mol. The highest BCUT2D eigenvalue weighted by atomic mass is 16.4. The number of anilines is 2. The van der Waals surface area contributed by atoms with Gasteiger partial charge in [0.05, 0.1) is 28.1 Å². The maximum Gasteiger partial charge on any atom is 0.338 e. The largest absolute Gasteiger partial charge is 0.478 e. The number of benzene rings is 3. The Morgan fingerprint density at radius 3 is 2.14 bits per heavy atom. The van der Waals surface area contributed by atoms with E-state index in [9.17, 15) is 24.6 Å². The van der Waals surface area contributed by atoms with Crippen LogP contribution in [-0.2, 0) is 0 Å². The molecule has 3 N–H and O–H groups in total. The first-order chi connectivity index (χ1) is 13.3. The summed E-state index contributed by atoms with van der Waals surface area (Å²) in [6.07, 6.45) is 0. The highest BCUT2D eigenvalue weighted by Gasteiger charge is 2.26. The van der Waals surface area contributed by atoms with Gasteiger partial charge in [-0.1, -0.05) is 36.4 Å². The van der Waals surface area contributed by atoms with Crippen LogP contribution in [0, 0.1) is 0 Å². The number of carboxylic acids is 2. The van der Waals surface area contributed by atoms with Gasteiger partial charge in [0, 0.05) is 14.1 Å². The normalized spacial score (nSPS) is 10.5. The van der Waals surface area contributed by atoms with Crippen molar-refractivity contribution in [2.45, 2.75) is 0 Å². The number of nitrogens with zero attached hydrogens (tertiary/aromatic N) is 1. The number of hydrogen-bond donors (Lipinski definition) is 3. The van der Waals surface area contributed by atoms with E-state index in [0.717, 1.165) is 0 Å². The van der Waals surface area contributed by atoms with Gasteiger partial charge in [-0.05, 0) is 29.0 Å². The smallest absolute Gasteiger partial charge is 0.338 e. The zero-order chi connectivity index (χ0) is 20.4. The highest BCUT2D eigenvalue weighted by Crippen LogP contribution is 2.32. The molecule has 0 aliphatic carbocycles. The summed E-state index contributed by atoms with van der Waals surface area (Å²) in [5, 5.41) is 22.9. The third-order valence-electron chi connectivity index (χ3n) is 4.36. The predicted octanol–water partition coefficient (Wildman–Crippen LogP) is 3.55.